The lowest BCUT2D eigenvalue weighted by Crippen LogP contribution is -2.03. The van der Waals surface area contributed by atoms with Gasteiger partial charge in [-0.2, -0.15) is 0 Å². The maximum atomic E-state index is 11.0. The van der Waals surface area contributed by atoms with E-state index >= 15 is 0 Å². The van der Waals surface area contributed by atoms with Crippen LogP contribution in [0.15, 0.2) is 0 Å². The van der Waals surface area contributed by atoms with Crippen LogP contribution >= 0.6 is 7.82 Å². The van der Waals surface area contributed by atoms with Gasteiger partial charge in [-0.25, -0.2) is 4.57 Å². The molecule has 2 unspecified atom stereocenters. The van der Waals surface area contributed by atoms with Crippen molar-refractivity contribution in [3.63, 3.8) is 0 Å². The van der Waals surface area contributed by atoms with Crippen molar-refractivity contribution < 1.29 is 18.5 Å². The van der Waals surface area contributed by atoms with Gasteiger partial charge in [0.25, 0.3) is 0 Å². The maximum Gasteiger partial charge on any atom is 0.472 e. The molecule has 1 saturated heterocycles. The van der Waals surface area contributed by atoms with Crippen molar-refractivity contribution in [3.05, 3.63) is 0 Å². The van der Waals surface area contributed by atoms with E-state index in [1.54, 1.807) is 0 Å². The fourth-order valence-corrected chi connectivity index (χ4v) is 1.99. The molecule has 0 spiro atoms. The van der Waals surface area contributed by atoms with Gasteiger partial charge in [-0.1, -0.05) is 13.3 Å². The third-order valence-corrected chi connectivity index (χ3v) is 2.85. The molecule has 0 aromatic carbocycles. The summed E-state index contributed by atoms with van der Waals surface area (Å²) in [5.74, 6) is 0.340. The average Bonchev–Trinajstić information content (AvgIpc) is 2.05. The molecule has 2 atom stereocenters. The van der Waals surface area contributed by atoms with Gasteiger partial charge < -0.3 is 4.89 Å². The number of rotatable bonds is 0. The van der Waals surface area contributed by atoms with Crippen molar-refractivity contribution in [2.75, 3.05) is 13.2 Å². The summed E-state index contributed by atoms with van der Waals surface area (Å²) in [6.45, 7) is 2.64. The second-order valence-electron chi connectivity index (χ2n) is 3.20. The van der Waals surface area contributed by atoms with Crippen LogP contribution in [-0.2, 0) is 13.6 Å². The third-order valence-electron chi connectivity index (χ3n) is 1.87. The molecule has 0 aromatic rings. The largest absolute Gasteiger partial charge is 0.472 e. The van der Waals surface area contributed by atoms with Gasteiger partial charge in [0.2, 0.25) is 0 Å². The Morgan fingerprint density at radius 1 is 1.42 bits per heavy atom. The van der Waals surface area contributed by atoms with Crippen molar-refractivity contribution >= 4 is 7.82 Å². The molecular weight excluding hydrogens is 179 g/mol. The van der Waals surface area contributed by atoms with E-state index < -0.39 is 7.82 Å². The number of phosphoric acid groups is 1. The molecule has 4 nitrogen and oxygen atoms in total. The van der Waals surface area contributed by atoms with E-state index in [0.29, 0.717) is 19.1 Å². The van der Waals surface area contributed by atoms with Crippen LogP contribution < -0.4 is 0 Å². The fraction of sp³-hybridized carbons (Fsp3) is 1.00. The Kier molecular flexibility index (Phi) is 3.72. The Morgan fingerprint density at radius 2 is 2.17 bits per heavy atom. The Labute approximate surface area is 72.5 Å². The van der Waals surface area contributed by atoms with Crippen LogP contribution in [-0.4, -0.2) is 18.1 Å². The molecule has 1 heterocycles. The predicted molar refractivity (Wildman–Crippen MR) is 44.7 cm³/mol. The van der Waals surface area contributed by atoms with Gasteiger partial charge in [-0.3, -0.25) is 9.05 Å². The van der Waals surface area contributed by atoms with Crippen molar-refractivity contribution in [2.24, 2.45) is 5.92 Å². The van der Waals surface area contributed by atoms with Crippen LogP contribution in [0.1, 0.15) is 26.2 Å². The minimum absolute atomic E-state index is 0.313. The van der Waals surface area contributed by atoms with Gasteiger partial charge in [0.1, 0.15) is 0 Å². The highest BCUT2D eigenvalue weighted by Gasteiger charge is 2.22. The van der Waals surface area contributed by atoms with Crippen LogP contribution in [0.2, 0.25) is 0 Å². The highest BCUT2D eigenvalue weighted by Crippen LogP contribution is 2.44. The minimum Gasteiger partial charge on any atom is -0.302 e. The van der Waals surface area contributed by atoms with Crippen LogP contribution in [0.5, 0.6) is 0 Å². The number of hydrogen-bond acceptors (Lipinski definition) is 3. The first-order valence-electron chi connectivity index (χ1n) is 4.22. The quantitative estimate of drug-likeness (QED) is 0.598. The second-order valence-corrected chi connectivity index (χ2v) is 4.65. The van der Waals surface area contributed by atoms with E-state index in [0.717, 1.165) is 19.3 Å². The van der Waals surface area contributed by atoms with E-state index in [1.165, 1.54) is 0 Å². The molecule has 1 fully saturated rings. The minimum atomic E-state index is -3.72. The first-order chi connectivity index (χ1) is 5.60. The van der Waals surface area contributed by atoms with Gasteiger partial charge in [0.15, 0.2) is 0 Å². The van der Waals surface area contributed by atoms with Crippen LogP contribution in [0.3, 0.4) is 0 Å². The molecule has 5 heteroatoms. The van der Waals surface area contributed by atoms with Crippen molar-refractivity contribution in [1.82, 2.24) is 0 Å². The van der Waals surface area contributed by atoms with Crippen molar-refractivity contribution in [2.45, 2.75) is 26.2 Å². The van der Waals surface area contributed by atoms with Gasteiger partial charge in [0, 0.05) is 0 Å². The molecule has 1 aliphatic heterocycles. The summed E-state index contributed by atoms with van der Waals surface area (Å²) < 4.78 is 20.5. The molecule has 0 amide bonds. The Hall–Kier alpha value is 0.110. The van der Waals surface area contributed by atoms with Crippen molar-refractivity contribution in [3.8, 4) is 0 Å². The molecule has 1 aliphatic rings. The smallest absolute Gasteiger partial charge is 0.302 e. The highest BCUT2D eigenvalue weighted by molar-refractivity contribution is 7.47. The monoisotopic (exact) mass is 194 g/mol. The summed E-state index contributed by atoms with van der Waals surface area (Å²) in [6, 6.07) is 0. The van der Waals surface area contributed by atoms with Crippen molar-refractivity contribution in [1.29, 1.82) is 0 Å². The molecule has 72 valence electrons. The van der Waals surface area contributed by atoms with E-state index in [4.69, 9.17) is 9.42 Å². The lowest BCUT2D eigenvalue weighted by Gasteiger charge is -2.12. The first-order valence-corrected chi connectivity index (χ1v) is 5.71. The van der Waals surface area contributed by atoms with Gasteiger partial charge >= 0.3 is 7.82 Å². The van der Waals surface area contributed by atoms with Crippen LogP contribution in [0.25, 0.3) is 0 Å². The molecule has 12 heavy (non-hydrogen) atoms. The van der Waals surface area contributed by atoms with Gasteiger partial charge in [-0.15, -0.1) is 0 Å². The average molecular weight is 194 g/mol. The lowest BCUT2D eigenvalue weighted by molar-refractivity contribution is 0.142. The SMILES string of the molecule is CC1CCCCOP(=O)(O)OC1. The molecule has 1 rings (SSSR count). The fourth-order valence-electron chi connectivity index (χ4n) is 1.12. The van der Waals surface area contributed by atoms with Gasteiger partial charge in [-0.05, 0) is 18.8 Å². The zero-order valence-electron chi connectivity index (χ0n) is 7.23. The van der Waals surface area contributed by atoms with Crippen LogP contribution in [0.4, 0.5) is 0 Å². The number of hydrogen-bond donors (Lipinski definition) is 1. The Balaban J connectivity index is 2.46. The topological polar surface area (TPSA) is 55.8 Å². The maximum absolute atomic E-state index is 11.0. The van der Waals surface area contributed by atoms with E-state index in [2.05, 4.69) is 4.52 Å². The summed E-state index contributed by atoms with van der Waals surface area (Å²) >= 11 is 0. The summed E-state index contributed by atoms with van der Waals surface area (Å²) in [4.78, 5) is 9.03. The lowest BCUT2D eigenvalue weighted by atomic mass is 10.1. The standard InChI is InChI=1S/C7H15O4P/c1-7-4-2-3-5-10-12(8,9)11-6-7/h7H,2-6H2,1H3,(H,8,9). The van der Waals surface area contributed by atoms with Crippen LogP contribution in [0, 0.1) is 5.92 Å². The first kappa shape index (κ1) is 10.2. The molecule has 0 bridgehead atoms. The Bertz CT molecular complexity index is 182. The number of phosphoric ester groups is 1. The van der Waals surface area contributed by atoms with E-state index in [1.807, 2.05) is 6.92 Å². The molecule has 0 radical (unpaired) electrons. The summed E-state index contributed by atoms with van der Waals surface area (Å²) in [6.07, 6.45) is 2.89. The molecule has 0 aliphatic carbocycles. The molecule has 1 N–H and O–H groups in total. The summed E-state index contributed by atoms with van der Waals surface area (Å²) in [5.41, 5.74) is 0. The predicted octanol–water partition coefficient (Wildman–Crippen LogP) is 1.94. The molecular formula is C7H15O4P. The molecule has 0 saturated carbocycles. The normalized spacial score (nSPS) is 39.7. The third kappa shape index (κ3) is 3.68. The summed E-state index contributed by atoms with van der Waals surface area (Å²) in [5, 5.41) is 0. The zero-order chi connectivity index (χ0) is 9.03. The highest BCUT2D eigenvalue weighted by atomic mass is 31.2. The van der Waals surface area contributed by atoms with Gasteiger partial charge in [0.05, 0.1) is 13.2 Å². The molecule has 0 aromatic heterocycles. The Morgan fingerprint density at radius 3 is 2.92 bits per heavy atom. The summed E-state index contributed by atoms with van der Waals surface area (Å²) in [7, 11) is -3.72. The zero-order valence-corrected chi connectivity index (χ0v) is 8.13. The second kappa shape index (κ2) is 4.38. The van der Waals surface area contributed by atoms with E-state index in [-0.39, 0.29) is 0 Å². The van der Waals surface area contributed by atoms with E-state index in [9.17, 15) is 4.57 Å².